The second-order valence-electron chi connectivity index (χ2n) is 3.80. The molecule has 0 aromatic carbocycles. The summed E-state index contributed by atoms with van der Waals surface area (Å²) < 4.78 is 4.95. The second-order valence-corrected chi connectivity index (χ2v) is 4.89. The molecule has 4 nitrogen and oxygen atoms in total. The molecule has 0 aliphatic heterocycles. The summed E-state index contributed by atoms with van der Waals surface area (Å²) in [6, 6.07) is 0. The zero-order chi connectivity index (χ0) is 10.5. The SMILES string of the molecule is COCCNCCc1nnc(C2CC2)s1. The Labute approximate surface area is 94.1 Å². The summed E-state index contributed by atoms with van der Waals surface area (Å²) in [6.07, 6.45) is 3.59. The van der Waals surface area contributed by atoms with Gasteiger partial charge in [0.25, 0.3) is 0 Å². The van der Waals surface area contributed by atoms with E-state index < -0.39 is 0 Å². The maximum atomic E-state index is 4.95. The van der Waals surface area contributed by atoms with Crippen molar-refractivity contribution in [1.82, 2.24) is 15.5 Å². The van der Waals surface area contributed by atoms with Gasteiger partial charge in [0.1, 0.15) is 10.0 Å². The molecule has 1 heterocycles. The van der Waals surface area contributed by atoms with Crippen LogP contribution in [0, 0.1) is 0 Å². The van der Waals surface area contributed by atoms with Crippen molar-refractivity contribution in [2.45, 2.75) is 25.2 Å². The predicted octanol–water partition coefficient (Wildman–Crippen LogP) is 1.19. The summed E-state index contributed by atoms with van der Waals surface area (Å²) in [5, 5.41) is 14.1. The highest BCUT2D eigenvalue weighted by Crippen LogP contribution is 2.41. The first-order valence-electron chi connectivity index (χ1n) is 5.42. The van der Waals surface area contributed by atoms with Gasteiger partial charge in [-0.15, -0.1) is 21.5 Å². The predicted molar refractivity (Wildman–Crippen MR) is 60.3 cm³/mol. The Morgan fingerprint density at radius 3 is 3.00 bits per heavy atom. The molecule has 0 atom stereocenters. The van der Waals surface area contributed by atoms with E-state index in [2.05, 4.69) is 15.5 Å². The van der Waals surface area contributed by atoms with Crippen molar-refractivity contribution in [3.05, 3.63) is 10.0 Å². The van der Waals surface area contributed by atoms with Gasteiger partial charge in [-0.05, 0) is 12.8 Å². The third-order valence-electron chi connectivity index (χ3n) is 2.41. The van der Waals surface area contributed by atoms with Gasteiger partial charge in [-0.1, -0.05) is 0 Å². The molecule has 15 heavy (non-hydrogen) atoms. The first-order valence-corrected chi connectivity index (χ1v) is 6.23. The molecular formula is C10H17N3OS. The summed E-state index contributed by atoms with van der Waals surface area (Å²) in [6.45, 7) is 2.64. The van der Waals surface area contributed by atoms with Crippen molar-refractivity contribution < 1.29 is 4.74 Å². The van der Waals surface area contributed by atoms with Crippen molar-refractivity contribution in [1.29, 1.82) is 0 Å². The molecule has 0 bridgehead atoms. The van der Waals surface area contributed by atoms with Gasteiger partial charge < -0.3 is 10.1 Å². The number of hydrogen-bond acceptors (Lipinski definition) is 5. The number of aromatic nitrogens is 2. The maximum absolute atomic E-state index is 4.95. The smallest absolute Gasteiger partial charge is 0.120 e. The van der Waals surface area contributed by atoms with Crippen molar-refractivity contribution in [3.63, 3.8) is 0 Å². The third-order valence-corrected chi connectivity index (χ3v) is 3.55. The third kappa shape index (κ3) is 3.52. The molecule has 0 radical (unpaired) electrons. The summed E-state index contributed by atoms with van der Waals surface area (Å²) in [4.78, 5) is 0. The Hall–Kier alpha value is -0.520. The minimum atomic E-state index is 0.734. The summed E-state index contributed by atoms with van der Waals surface area (Å²) in [5.41, 5.74) is 0. The molecule has 1 aromatic rings. The highest BCUT2D eigenvalue weighted by molar-refractivity contribution is 7.11. The Kier molecular flexibility index (Phi) is 4.05. The van der Waals surface area contributed by atoms with Crippen LogP contribution in [0.4, 0.5) is 0 Å². The van der Waals surface area contributed by atoms with Gasteiger partial charge in [-0.3, -0.25) is 0 Å². The van der Waals surface area contributed by atoms with Crippen LogP contribution in [0.2, 0.25) is 0 Å². The average Bonchev–Trinajstić information content (AvgIpc) is 2.99. The molecule has 1 N–H and O–H groups in total. The van der Waals surface area contributed by atoms with Crippen molar-refractivity contribution in [2.75, 3.05) is 26.8 Å². The molecule has 84 valence electrons. The van der Waals surface area contributed by atoms with Gasteiger partial charge in [0.05, 0.1) is 6.61 Å². The Bertz CT molecular complexity index is 299. The van der Waals surface area contributed by atoms with E-state index >= 15 is 0 Å². The maximum Gasteiger partial charge on any atom is 0.120 e. The standard InChI is InChI=1S/C10H17N3OS/c1-14-7-6-11-5-4-9-12-13-10(15-9)8-2-3-8/h8,11H,2-7H2,1H3. The molecule has 2 rings (SSSR count). The van der Waals surface area contributed by atoms with Crippen molar-refractivity contribution in [3.8, 4) is 0 Å². The van der Waals surface area contributed by atoms with E-state index in [1.165, 1.54) is 17.8 Å². The first kappa shape index (κ1) is 11.0. The van der Waals surface area contributed by atoms with Crippen LogP contribution in [0.25, 0.3) is 0 Å². The number of ether oxygens (including phenoxy) is 1. The zero-order valence-electron chi connectivity index (χ0n) is 9.03. The highest BCUT2D eigenvalue weighted by Gasteiger charge is 2.27. The van der Waals surface area contributed by atoms with Gasteiger partial charge in [-0.25, -0.2) is 0 Å². The Morgan fingerprint density at radius 1 is 1.40 bits per heavy atom. The Balaban J connectivity index is 1.64. The van der Waals surface area contributed by atoms with E-state index in [0.29, 0.717) is 0 Å². The van der Waals surface area contributed by atoms with E-state index in [1.807, 2.05) is 0 Å². The molecule has 1 aliphatic carbocycles. The molecule has 0 unspecified atom stereocenters. The average molecular weight is 227 g/mol. The van der Waals surface area contributed by atoms with Gasteiger partial charge in [0.2, 0.25) is 0 Å². The summed E-state index contributed by atoms with van der Waals surface area (Å²) >= 11 is 1.77. The van der Waals surface area contributed by atoms with Crippen LogP contribution in [-0.4, -0.2) is 37.0 Å². The minimum Gasteiger partial charge on any atom is -0.383 e. The molecule has 0 spiro atoms. The lowest BCUT2D eigenvalue weighted by Crippen LogP contribution is -2.21. The van der Waals surface area contributed by atoms with Crippen LogP contribution < -0.4 is 5.32 Å². The van der Waals surface area contributed by atoms with E-state index in [4.69, 9.17) is 4.74 Å². The van der Waals surface area contributed by atoms with Crippen LogP contribution in [0.1, 0.15) is 28.8 Å². The van der Waals surface area contributed by atoms with Crippen LogP contribution in [-0.2, 0) is 11.2 Å². The Morgan fingerprint density at radius 2 is 2.27 bits per heavy atom. The lowest BCUT2D eigenvalue weighted by molar-refractivity contribution is 0.199. The van der Waals surface area contributed by atoms with E-state index in [9.17, 15) is 0 Å². The largest absolute Gasteiger partial charge is 0.383 e. The lowest BCUT2D eigenvalue weighted by atomic mass is 10.4. The van der Waals surface area contributed by atoms with E-state index in [0.717, 1.165) is 37.0 Å². The minimum absolute atomic E-state index is 0.734. The number of nitrogens with one attached hydrogen (secondary N) is 1. The second kappa shape index (κ2) is 5.53. The molecule has 1 aliphatic rings. The topological polar surface area (TPSA) is 47.0 Å². The zero-order valence-corrected chi connectivity index (χ0v) is 9.85. The number of hydrogen-bond donors (Lipinski definition) is 1. The molecule has 1 saturated carbocycles. The summed E-state index contributed by atoms with van der Waals surface area (Å²) in [5.74, 6) is 0.734. The fraction of sp³-hybridized carbons (Fsp3) is 0.800. The van der Waals surface area contributed by atoms with Gasteiger partial charge in [0.15, 0.2) is 0 Å². The fourth-order valence-corrected chi connectivity index (χ4v) is 2.37. The molecule has 1 aromatic heterocycles. The molecule has 0 amide bonds. The number of nitrogens with zero attached hydrogens (tertiary/aromatic N) is 2. The summed E-state index contributed by atoms with van der Waals surface area (Å²) in [7, 11) is 1.72. The number of rotatable bonds is 7. The molecule has 0 saturated heterocycles. The van der Waals surface area contributed by atoms with Crippen LogP contribution in [0.3, 0.4) is 0 Å². The van der Waals surface area contributed by atoms with Gasteiger partial charge >= 0.3 is 0 Å². The van der Waals surface area contributed by atoms with Gasteiger partial charge in [-0.2, -0.15) is 0 Å². The fourth-order valence-electron chi connectivity index (χ4n) is 1.36. The van der Waals surface area contributed by atoms with Crippen LogP contribution in [0.15, 0.2) is 0 Å². The number of methoxy groups -OCH3 is 1. The van der Waals surface area contributed by atoms with E-state index in [-0.39, 0.29) is 0 Å². The highest BCUT2D eigenvalue weighted by atomic mass is 32.1. The molecule has 5 heteroatoms. The van der Waals surface area contributed by atoms with E-state index in [1.54, 1.807) is 18.4 Å². The van der Waals surface area contributed by atoms with Crippen LogP contribution in [0.5, 0.6) is 0 Å². The van der Waals surface area contributed by atoms with Crippen molar-refractivity contribution >= 4 is 11.3 Å². The quantitative estimate of drug-likeness (QED) is 0.711. The lowest BCUT2D eigenvalue weighted by Gasteiger charge is -2.00. The van der Waals surface area contributed by atoms with Crippen LogP contribution >= 0.6 is 11.3 Å². The normalized spacial score (nSPS) is 15.8. The monoisotopic (exact) mass is 227 g/mol. The molecule has 1 fully saturated rings. The van der Waals surface area contributed by atoms with Gasteiger partial charge in [0, 0.05) is 32.5 Å². The van der Waals surface area contributed by atoms with Crippen molar-refractivity contribution in [2.24, 2.45) is 0 Å². The first-order chi connectivity index (χ1) is 7.40. The molecular weight excluding hydrogens is 210 g/mol.